The van der Waals surface area contributed by atoms with Crippen LogP contribution in [-0.4, -0.2) is 35.2 Å². The Kier molecular flexibility index (Phi) is 4.01. The standard InChI is InChI=1S/C8H9AsClNO4S/c1-9-5-2-4(8(12)13)3-6(7(5)10)16(11,14)15/h2-3,9H,1H3,(H,12,13)(H2,11,14,15). The number of halogens is 1. The van der Waals surface area contributed by atoms with Gasteiger partial charge in [-0.3, -0.25) is 0 Å². The van der Waals surface area contributed by atoms with Gasteiger partial charge in [0.15, 0.2) is 0 Å². The fourth-order valence-electron chi connectivity index (χ4n) is 1.11. The number of carboxylic acids is 1. The molecule has 16 heavy (non-hydrogen) atoms. The van der Waals surface area contributed by atoms with E-state index in [0.29, 0.717) is 4.35 Å². The number of sulfonamides is 1. The molecule has 0 spiro atoms. The first-order valence-corrected chi connectivity index (χ1v) is 9.12. The van der Waals surface area contributed by atoms with Gasteiger partial charge >= 0.3 is 104 Å². The number of hydrogen-bond acceptors (Lipinski definition) is 3. The van der Waals surface area contributed by atoms with Crippen LogP contribution in [0, 0.1) is 0 Å². The van der Waals surface area contributed by atoms with Crippen LogP contribution >= 0.6 is 11.6 Å². The first kappa shape index (κ1) is 13.5. The van der Waals surface area contributed by atoms with Gasteiger partial charge in [-0.05, 0) is 0 Å². The zero-order valence-corrected chi connectivity index (χ0v) is 11.9. The van der Waals surface area contributed by atoms with Crippen LogP contribution in [0.5, 0.6) is 0 Å². The monoisotopic (exact) mass is 325 g/mol. The molecular formula is C8H9AsClNO4S. The summed E-state index contributed by atoms with van der Waals surface area (Å²) in [6.07, 6.45) is 0. The number of rotatable bonds is 3. The summed E-state index contributed by atoms with van der Waals surface area (Å²) in [5.41, 5.74) is 1.74. The molecule has 0 aliphatic rings. The second-order valence-corrected chi connectivity index (χ2v) is 7.02. The van der Waals surface area contributed by atoms with E-state index in [-0.39, 0.29) is 15.5 Å². The van der Waals surface area contributed by atoms with Crippen LogP contribution in [0.3, 0.4) is 0 Å². The van der Waals surface area contributed by atoms with Gasteiger partial charge in [-0.1, -0.05) is 0 Å². The number of carboxylic acid groups (broad SMARTS) is 1. The molecule has 3 N–H and O–H groups in total. The Labute approximate surface area is 104 Å². The fraction of sp³-hybridized carbons (Fsp3) is 0.125. The van der Waals surface area contributed by atoms with Crippen LogP contribution in [0.1, 0.15) is 10.4 Å². The summed E-state index contributed by atoms with van der Waals surface area (Å²) < 4.78 is 23.0. The third-order valence-electron chi connectivity index (χ3n) is 1.86. The van der Waals surface area contributed by atoms with Gasteiger partial charge < -0.3 is 0 Å². The van der Waals surface area contributed by atoms with E-state index in [2.05, 4.69) is 0 Å². The number of benzene rings is 1. The third-order valence-corrected chi connectivity index (χ3v) is 5.61. The van der Waals surface area contributed by atoms with Crippen molar-refractivity contribution in [3.63, 3.8) is 0 Å². The van der Waals surface area contributed by atoms with Gasteiger partial charge in [-0.15, -0.1) is 0 Å². The van der Waals surface area contributed by atoms with E-state index in [1.807, 2.05) is 5.71 Å². The molecule has 8 heteroatoms. The van der Waals surface area contributed by atoms with Crippen molar-refractivity contribution in [2.75, 3.05) is 0 Å². The summed E-state index contributed by atoms with van der Waals surface area (Å²) in [6.45, 7) is 0. The summed E-state index contributed by atoms with van der Waals surface area (Å²) in [4.78, 5) is 10.5. The Morgan fingerprint density at radius 2 is 2.06 bits per heavy atom. The number of nitrogens with two attached hydrogens (primary N) is 1. The fourth-order valence-corrected chi connectivity index (χ4v) is 4.25. The summed E-state index contributed by atoms with van der Waals surface area (Å²) >= 11 is 5.18. The summed E-state index contributed by atoms with van der Waals surface area (Å²) in [7, 11) is -4.00. The van der Waals surface area contributed by atoms with Crippen molar-refractivity contribution in [3.05, 3.63) is 22.7 Å². The van der Waals surface area contributed by atoms with Crippen LogP contribution in [0.4, 0.5) is 0 Å². The van der Waals surface area contributed by atoms with Gasteiger partial charge in [-0.25, -0.2) is 0 Å². The van der Waals surface area contributed by atoms with Crippen LogP contribution in [0.15, 0.2) is 17.0 Å². The van der Waals surface area contributed by atoms with E-state index in [1.165, 1.54) is 6.07 Å². The topological polar surface area (TPSA) is 97.5 Å². The molecule has 0 aromatic heterocycles. The van der Waals surface area contributed by atoms with Crippen LogP contribution < -0.4 is 9.49 Å². The van der Waals surface area contributed by atoms with E-state index in [1.54, 1.807) is 0 Å². The van der Waals surface area contributed by atoms with Crippen molar-refractivity contribution < 1.29 is 18.3 Å². The SMILES string of the molecule is C[AsH]c1cc(C(=O)O)cc(S(N)(=O)=O)c1Cl. The van der Waals surface area contributed by atoms with E-state index >= 15 is 0 Å². The van der Waals surface area contributed by atoms with Gasteiger partial charge in [-0.2, -0.15) is 0 Å². The van der Waals surface area contributed by atoms with Gasteiger partial charge in [0.1, 0.15) is 0 Å². The normalized spacial score (nSPS) is 12.2. The predicted octanol–water partition coefficient (Wildman–Crippen LogP) is -0.204. The molecule has 0 saturated carbocycles. The minimum absolute atomic E-state index is 0.0370. The molecule has 1 aromatic rings. The molecule has 88 valence electrons. The number of aromatic carboxylic acids is 1. The van der Waals surface area contributed by atoms with Crippen LogP contribution in [0.25, 0.3) is 0 Å². The molecule has 0 amide bonds. The minimum atomic E-state index is -4.00. The van der Waals surface area contributed by atoms with Crippen molar-refractivity contribution in [2.24, 2.45) is 5.14 Å². The molecule has 5 nitrogen and oxygen atoms in total. The molecule has 1 atom stereocenters. The first-order chi connectivity index (χ1) is 7.27. The molecule has 1 unspecified atom stereocenters. The van der Waals surface area contributed by atoms with Gasteiger partial charge in [0.25, 0.3) is 0 Å². The van der Waals surface area contributed by atoms with Crippen LogP contribution in [-0.2, 0) is 10.0 Å². The number of carbonyl (C=O) groups is 1. The Hall–Kier alpha value is -0.552. The van der Waals surface area contributed by atoms with Crippen molar-refractivity contribution in [3.8, 4) is 0 Å². The molecule has 1 rings (SSSR count). The van der Waals surface area contributed by atoms with Crippen molar-refractivity contribution in [2.45, 2.75) is 10.6 Å². The van der Waals surface area contributed by atoms with Crippen molar-refractivity contribution >= 4 is 47.7 Å². The molecular weight excluding hydrogens is 317 g/mol. The Balaban J connectivity index is 3.61. The van der Waals surface area contributed by atoms with E-state index in [4.69, 9.17) is 21.8 Å². The maximum absolute atomic E-state index is 11.2. The maximum atomic E-state index is 11.2. The Morgan fingerprint density at radius 1 is 1.50 bits per heavy atom. The quantitative estimate of drug-likeness (QED) is 0.752. The zero-order valence-electron chi connectivity index (χ0n) is 8.19. The first-order valence-electron chi connectivity index (χ1n) is 4.04. The summed E-state index contributed by atoms with van der Waals surface area (Å²) in [6, 6.07) is 2.37. The van der Waals surface area contributed by atoms with Gasteiger partial charge in [0.05, 0.1) is 0 Å². The molecule has 1 aromatic carbocycles. The molecule has 0 radical (unpaired) electrons. The third kappa shape index (κ3) is 2.77. The summed E-state index contributed by atoms with van der Waals surface area (Å²) in [5, 5.41) is 13.8. The average molecular weight is 326 g/mol. The molecule has 0 saturated heterocycles. The van der Waals surface area contributed by atoms with E-state index in [9.17, 15) is 13.2 Å². The van der Waals surface area contributed by atoms with Gasteiger partial charge in [0.2, 0.25) is 0 Å². The molecule has 0 fully saturated rings. The molecule has 0 heterocycles. The second kappa shape index (κ2) is 4.75. The van der Waals surface area contributed by atoms with Gasteiger partial charge in [0, 0.05) is 0 Å². The van der Waals surface area contributed by atoms with E-state index in [0.717, 1.165) is 6.07 Å². The predicted molar refractivity (Wildman–Crippen MR) is 62.4 cm³/mol. The van der Waals surface area contributed by atoms with Crippen LogP contribution in [0.2, 0.25) is 10.7 Å². The Morgan fingerprint density at radius 3 is 2.44 bits per heavy atom. The molecule has 0 bridgehead atoms. The van der Waals surface area contributed by atoms with Crippen molar-refractivity contribution in [1.29, 1.82) is 0 Å². The number of hydrogen-bond donors (Lipinski definition) is 2. The zero-order chi connectivity index (χ0) is 12.5. The molecule has 0 aliphatic carbocycles. The summed E-state index contributed by atoms with van der Waals surface area (Å²) in [5.74, 6) is -1.21. The number of primary sulfonamides is 1. The average Bonchev–Trinajstić information content (AvgIpc) is 2.15. The Bertz CT molecular complexity index is 543. The molecule has 0 aliphatic heterocycles. The van der Waals surface area contributed by atoms with Crippen molar-refractivity contribution in [1.82, 2.24) is 0 Å². The second-order valence-electron chi connectivity index (χ2n) is 2.94. The van der Waals surface area contributed by atoms with E-state index < -0.39 is 31.7 Å².